The van der Waals surface area contributed by atoms with E-state index in [0.29, 0.717) is 12.2 Å². The van der Waals surface area contributed by atoms with Gasteiger partial charge in [0.05, 0.1) is 18.8 Å². The highest BCUT2D eigenvalue weighted by Crippen LogP contribution is 2.42. The first kappa shape index (κ1) is 24.8. The third-order valence-corrected chi connectivity index (χ3v) is 5.97. The van der Waals surface area contributed by atoms with E-state index in [1.165, 1.54) is 10.7 Å². The molecule has 1 amide bonds. The second-order valence-corrected chi connectivity index (χ2v) is 10.8. The van der Waals surface area contributed by atoms with Crippen LogP contribution in [-0.4, -0.2) is 49.5 Å². The van der Waals surface area contributed by atoms with Gasteiger partial charge in [-0.1, -0.05) is 15.9 Å². The summed E-state index contributed by atoms with van der Waals surface area (Å²) in [6, 6.07) is 5.51. The molecule has 0 radical (unpaired) electrons. The van der Waals surface area contributed by atoms with Gasteiger partial charge in [-0.15, -0.1) is 0 Å². The molecule has 10 nitrogen and oxygen atoms in total. The third kappa shape index (κ3) is 5.50. The Morgan fingerprint density at radius 1 is 1.37 bits per heavy atom. The maximum absolute atomic E-state index is 12.1. The lowest BCUT2D eigenvalue weighted by Gasteiger charge is -2.27. The lowest BCUT2D eigenvalue weighted by atomic mass is 9.97. The summed E-state index contributed by atoms with van der Waals surface area (Å²) in [5.74, 6) is 0.169. The molecule has 3 N–H and O–H groups in total. The van der Waals surface area contributed by atoms with Crippen molar-refractivity contribution in [2.45, 2.75) is 58.3 Å². The van der Waals surface area contributed by atoms with Gasteiger partial charge >= 0.3 is 12.1 Å². The molecule has 4 rings (SSSR count). The van der Waals surface area contributed by atoms with Gasteiger partial charge in [-0.05, 0) is 58.4 Å². The molecule has 2 atom stereocenters. The number of fused-ring (bicyclic) bond motifs is 2. The number of nitrogens with one attached hydrogen (secondary N) is 2. The minimum absolute atomic E-state index is 0.0289. The van der Waals surface area contributed by atoms with E-state index in [9.17, 15) is 14.7 Å². The highest BCUT2D eigenvalue weighted by atomic mass is 79.9. The summed E-state index contributed by atoms with van der Waals surface area (Å²) in [5.41, 5.74) is 0.989. The molecule has 0 saturated heterocycles. The Morgan fingerprint density at radius 3 is 2.80 bits per heavy atom. The van der Waals surface area contributed by atoms with Crippen LogP contribution in [0.1, 0.15) is 62.1 Å². The number of halogens is 1. The van der Waals surface area contributed by atoms with Gasteiger partial charge in [0.25, 0.3) is 0 Å². The van der Waals surface area contributed by atoms with Gasteiger partial charge < -0.3 is 25.2 Å². The number of rotatable bonds is 6. The van der Waals surface area contributed by atoms with Gasteiger partial charge in [0, 0.05) is 22.7 Å². The Labute approximate surface area is 211 Å². The first-order chi connectivity index (χ1) is 16.3. The molecule has 11 heteroatoms. The summed E-state index contributed by atoms with van der Waals surface area (Å²) in [6.45, 7) is 9.65. The zero-order valence-electron chi connectivity index (χ0n) is 20.2. The fraction of sp³-hybridized carbons (Fsp3) is 0.417. The van der Waals surface area contributed by atoms with Gasteiger partial charge in [0.15, 0.2) is 5.65 Å². The predicted molar refractivity (Wildman–Crippen MR) is 133 cm³/mol. The van der Waals surface area contributed by atoms with Crippen molar-refractivity contribution in [1.29, 1.82) is 0 Å². The standard InChI is InChI=1S/C24H28BrN5O5/c1-13(28-18-6-7-30-20(29-18)17(11-27-30)21(31)32)16-9-15(25)8-14-10-24(5,34-19(14)16)12-26-22(33)35-23(2,3)4/h6-9,11,13H,10,12H2,1-5H3,(H,26,33)(H,28,29)(H,31,32). The maximum atomic E-state index is 12.1. The summed E-state index contributed by atoms with van der Waals surface area (Å²) in [4.78, 5) is 28.0. The molecule has 1 aliphatic rings. The van der Waals surface area contributed by atoms with Crippen LogP contribution in [-0.2, 0) is 11.2 Å². The molecule has 2 aromatic heterocycles. The molecule has 0 bridgehead atoms. The van der Waals surface area contributed by atoms with Crippen molar-refractivity contribution in [3.63, 3.8) is 0 Å². The number of carboxylic acids is 1. The number of hydrogen-bond donors (Lipinski definition) is 3. The predicted octanol–water partition coefficient (Wildman–Crippen LogP) is 4.58. The van der Waals surface area contributed by atoms with Crippen molar-refractivity contribution in [2.75, 3.05) is 11.9 Å². The number of anilines is 1. The van der Waals surface area contributed by atoms with E-state index >= 15 is 0 Å². The fourth-order valence-corrected chi connectivity index (χ4v) is 4.53. The summed E-state index contributed by atoms with van der Waals surface area (Å²) in [7, 11) is 0. The molecule has 0 aliphatic carbocycles. The van der Waals surface area contributed by atoms with Crippen molar-refractivity contribution in [3.05, 3.63) is 51.8 Å². The van der Waals surface area contributed by atoms with Crippen molar-refractivity contribution in [2.24, 2.45) is 0 Å². The number of benzene rings is 1. The van der Waals surface area contributed by atoms with Crippen LogP contribution in [0.15, 0.2) is 35.1 Å². The third-order valence-electron chi connectivity index (χ3n) is 5.51. The SMILES string of the molecule is CC(Nc1ccn2ncc(C(=O)O)c2n1)c1cc(Br)cc2c1OC(C)(CNC(=O)OC(C)(C)C)C2. The van der Waals surface area contributed by atoms with Crippen molar-refractivity contribution >= 4 is 39.5 Å². The average molecular weight is 546 g/mol. The van der Waals surface area contributed by atoms with Crippen LogP contribution in [0, 0.1) is 0 Å². The molecular formula is C24H28BrN5O5. The molecule has 3 aromatic rings. The van der Waals surface area contributed by atoms with Crippen molar-refractivity contribution in [1.82, 2.24) is 19.9 Å². The fourth-order valence-electron chi connectivity index (χ4n) is 4.01. The van der Waals surface area contributed by atoms with Gasteiger partial charge in [0.2, 0.25) is 0 Å². The van der Waals surface area contributed by atoms with Crippen LogP contribution in [0.4, 0.5) is 10.6 Å². The van der Waals surface area contributed by atoms with E-state index in [0.717, 1.165) is 21.3 Å². The van der Waals surface area contributed by atoms with E-state index in [1.807, 2.05) is 46.8 Å². The average Bonchev–Trinajstić information content (AvgIpc) is 3.31. The van der Waals surface area contributed by atoms with Gasteiger partial charge in [0.1, 0.15) is 28.3 Å². The zero-order valence-corrected chi connectivity index (χ0v) is 21.8. The second kappa shape index (κ2) is 9.03. The summed E-state index contributed by atoms with van der Waals surface area (Å²) < 4.78 is 14.0. The van der Waals surface area contributed by atoms with Crippen LogP contribution in [0.2, 0.25) is 0 Å². The largest absolute Gasteiger partial charge is 0.485 e. The molecule has 0 saturated carbocycles. The highest BCUT2D eigenvalue weighted by molar-refractivity contribution is 9.10. The Kier molecular flexibility index (Phi) is 6.39. The van der Waals surface area contributed by atoms with Crippen LogP contribution in [0.5, 0.6) is 5.75 Å². The molecular weight excluding hydrogens is 518 g/mol. The minimum atomic E-state index is -1.09. The van der Waals surface area contributed by atoms with Crippen LogP contribution in [0.25, 0.3) is 5.65 Å². The number of ether oxygens (including phenoxy) is 2. The van der Waals surface area contributed by atoms with Gasteiger partial charge in [-0.25, -0.2) is 19.1 Å². The van der Waals surface area contributed by atoms with E-state index in [4.69, 9.17) is 9.47 Å². The molecule has 1 aliphatic heterocycles. The molecule has 186 valence electrons. The Hall–Kier alpha value is -3.34. The number of hydrogen-bond acceptors (Lipinski definition) is 7. The van der Waals surface area contributed by atoms with Crippen LogP contribution < -0.4 is 15.4 Å². The summed E-state index contributed by atoms with van der Waals surface area (Å²) in [6.07, 6.45) is 3.06. The number of carbonyl (C=O) groups excluding carboxylic acids is 1. The minimum Gasteiger partial charge on any atom is -0.485 e. The molecule has 0 fully saturated rings. The first-order valence-electron chi connectivity index (χ1n) is 11.2. The second-order valence-electron chi connectivity index (χ2n) is 9.88. The number of amides is 1. The van der Waals surface area contributed by atoms with Crippen molar-refractivity contribution in [3.8, 4) is 5.75 Å². The summed E-state index contributed by atoms with van der Waals surface area (Å²) in [5, 5.41) is 19.5. The number of carbonyl (C=O) groups is 2. The van der Waals surface area contributed by atoms with E-state index in [1.54, 1.807) is 12.3 Å². The number of aromatic nitrogens is 3. The molecule has 35 heavy (non-hydrogen) atoms. The van der Waals surface area contributed by atoms with E-state index < -0.39 is 23.3 Å². The molecule has 1 aromatic carbocycles. The Morgan fingerprint density at radius 2 is 2.11 bits per heavy atom. The smallest absolute Gasteiger partial charge is 0.407 e. The lowest BCUT2D eigenvalue weighted by molar-refractivity contribution is 0.0447. The van der Waals surface area contributed by atoms with Crippen LogP contribution in [0.3, 0.4) is 0 Å². The monoisotopic (exact) mass is 545 g/mol. The van der Waals surface area contributed by atoms with E-state index in [-0.39, 0.29) is 23.8 Å². The Balaban J connectivity index is 1.53. The quantitative estimate of drug-likeness (QED) is 0.410. The normalized spacial score (nSPS) is 18.0. The van der Waals surface area contributed by atoms with Gasteiger partial charge in [-0.2, -0.15) is 5.10 Å². The lowest BCUT2D eigenvalue weighted by Crippen LogP contribution is -2.45. The molecule has 2 unspecified atom stereocenters. The van der Waals surface area contributed by atoms with E-state index in [2.05, 4.69) is 36.6 Å². The first-order valence-corrected chi connectivity index (χ1v) is 12.0. The summed E-state index contributed by atoms with van der Waals surface area (Å²) >= 11 is 3.59. The topological polar surface area (TPSA) is 127 Å². The number of carboxylic acid groups (broad SMARTS) is 1. The number of alkyl carbamates (subject to hydrolysis) is 1. The van der Waals surface area contributed by atoms with Gasteiger partial charge in [-0.3, -0.25) is 0 Å². The number of nitrogens with zero attached hydrogens (tertiary/aromatic N) is 3. The molecule has 3 heterocycles. The molecule has 0 spiro atoms. The number of aromatic carboxylic acids is 1. The van der Waals surface area contributed by atoms with Crippen molar-refractivity contribution < 1.29 is 24.2 Å². The maximum Gasteiger partial charge on any atom is 0.407 e. The Bertz CT molecular complexity index is 1300. The highest BCUT2D eigenvalue weighted by Gasteiger charge is 2.38. The van der Waals surface area contributed by atoms with Crippen LogP contribution >= 0.6 is 15.9 Å². The zero-order chi connectivity index (χ0) is 25.5.